The van der Waals surface area contributed by atoms with Crippen LogP contribution in [-0.4, -0.2) is 24.8 Å². The van der Waals surface area contributed by atoms with Crippen molar-refractivity contribution in [2.75, 3.05) is 19.7 Å². The summed E-state index contributed by atoms with van der Waals surface area (Å²) >= 11 is 0. The van der Waals surface area contributed by atoms with Gasteiger partial charge in [0, 0.05) is 13.2 Å². The molecule has 0 bridgehead atoms. The topological polar surface area (TPSA) is 32.3 Å². The van der Waals surface area contributed by atoms with Crippen LogP contribution < -0.4 is 5.32 Å². The molecule has 1 aliphatic rings. The van der Waals surface area contributed by atoms with Crippen LogP contribution in [0.4, 0.5) is 0 Å². The minimum Gasteiger partial charge on any atom is -0.396 e. The Morgan fingerprint density at radius 3 is 2.50 bits per heavy atom. The van der Waals surface area contributed by atoms with Crippen LogP contribution in [0, 0.1) is 5.41 Å². The summed E-state index contributed by atoms with van der Waals surface area (Å²) in [7, 11) is 0. The fraction of sp³-hybridized carbons (Fsp3) is 1.00. The van der Waals surface area contributed by atoms with Gasteiger partial charge in [0.25, 0.3) is 0 Å². The van der Waals surface area contributed by atoms with Gasteiger partial charge in [-0.1, -0.05) is 19.8 Å². The van der Waals surface area contributed by atoms with Gasteiger partial charge in [0.15, 0.2) is 0 Å². The first kappa shape index (κ1) is 12.0. The standard InChI is InChI=1S/C12H25NO/c1-2-12(7-3-4-8-12)11-13-9-5-6-10-14/h13-14H,2-11H2,1H3. The molecule has 0 heterocycles. The third-order valence-electron chi connectivity index (χ3n) is 3.68. The molecule has 1 fully saturated rings. The van der Waals surface area contributed by atoms with E-state index in [1.807, 2.05) is 0 Å². The van der Waals surface area contributed by atoms with E-state index < -0.39 is 0 Å². The summed E-state index contributed by atoms with van der Waals surface area (Å²) in [6.07, 6.45) is 9.04. The molecule has 1 aliphatic carbocycles. The van der Waals surface area contributed by atoms with Gasteiger partial charge >= 0.3 is 0 Å². The summed E-state index contributed by atoms with van der Waals surface area (Å²) in [5.41, 5.74) is 0.610. The highest BCUT2D eigenvalue weighted by molar-refractivity contribution is 4.85. The van der Waals surface area contributed by atoms with E-state index in [-0.39, 0.29) is 0 Å². The van der Waals surface area contributed by atoms with Crippen molar-refractivity contribution in [3.63, 3.8) is 0 Å². The molecule has 0 aromatic rings. The molecule has 0 aromatic heterocycles. The molecule has 2 nitrogen and oxygen atoms in total. The van der Waals surface area contributed by atoms with Crippen molar-refractivity contribution < 1.29 is 5.11 Å². The van der Waals surface area contributed by atoms with Gasteiger partial charge in [-0.25, -0.2) is 0 Å². The van der Waals surface area contributed by atoms with E-state index in [1.165, 1.54) is 38.6 Å². The molecule has 0 spiro atoms. The number of unbranched alkanes of at least 4 members (excludes halogenated alkanes) is 1. The zero-order valence-electron chi connectivity index (χ0n) is 9.52. The highest BCUT2D eigenvalue weighted by Gasteiger charge is 2.30. The van der Waals surface area contributed by atoms with Crippen molar-refractivity contribution in [1.29, 1.82) is 0 Å². The van der Waals surface area contributed by atoms with Gasteiger partial charge in [-0.2, -0.15) is 0 Å². The van der Waals surface area contributed by atoms with E-state index in [0.29, 0.717) is 12.0 Å². The Morgan fingerprint density at radius 1 is 1.21 bits per heavy atom. The summed E-state index contributed by atoms with van der Waals surface area (Å²) in [5, 5.41) is 12.2. The lowest BCUT2D eigenvalue weighted by atomic mass is 9.83. The highest BCUT2D eigenvalue weighted by Crippen LogP contribution is 2.40. The number of rotatable bonds is 7. The van der Waals surface area contributed by atoms with E-state index in [9.17, 15) is 0 Å². The maximum Gasteiger partial charge on any atom is 0.0431 e. The lowest BCUT2D eigenvalue weighted by Crippen LogP contribution is -2.32. The van der Waals surface area contributed by atoms with Crippen molar-refractivity contribution >= 4 is 0 Å². The molecule has 0 aromatic carbocycles. The first-order valence-corrected chi connectivity index (χ1v) is 6.14. The Bertz CT molecular complexity index is 141. The molecule has 0 unspecified atom stereocenters. The van der Waals surface area contributed by atoms with Crippen LogP contribution in [0.15, 0.2) is 0 Å². The van der Waals surface area contributed by atoms with Crippen molar-refractivity contribution in [3.05, 3.63) is 0 Å². The minimum absolute atomic E-state index is 0.334. The number of hydrogen-bond acceptors (Lipinski definition) is 2. The van der Waals surface area contributed by atoms with Crippen LogP contribution >= 0.6 is 0 Å². The van der Waals surface area contributed by atoms with Gasteiger partial charge in [-0.05, 0) is 44.1 Å². The van der Waals surface area contributed by atoms with Crippen molar-refractivity contribution in [2.24, 2.45) is 5.41 Å². The van der Waals surface area contributed by atoms with Crippen LogP contribution in [0.5, 0.6) is 0 Å². The summed E-state index contributed by atoms with van der Waals surface area (Å²) in [6.45, 7) is 4.92. The van der Waals surface area contributed by atoms with Gasteiger partial charge < -0.3 is 10.4 Å². The Labute approximate surface area is 88.1 Å². The van der Waals surface area contributed by atoms with E-state index in [0.717, 1.165) is 19.4 Å². The molecule has 14 heavy (non-hydrogen) atoms. The number of nitrogens with one attached hydrogen (secondary N) is 1. The molecule has 0 atom stereocenters. The fourth-order valence-corrected chi connectivity index (χ4v) is 2.50. The predicted molar refractivity (Wildman–Crippen MR) is 60.4 cm³/mol. The maximum atomic E-state index is 8.65. The van der Waals surface area contributed by atoms with Gasteiger partial charge in [0.1, 0.15) is 0 Å². The zero-order chi connectivity index (χ0) is 10.3. The van der Waals surface area contributed by atoms with E-state index >= 15 is 0 Å². The molecule has 2 N–H and O–H groups in total. The van der Waals surface area contributed by atoms with Gasteiger partial charge in [0.05, 0.1) is 0 Å². The average molecular weight is 199 g/mol. The van der Waals surface area contributed by atoms with Crippen molar-refractivity contribution in [3.8, 4) is 0 Å². The fourth-order valence-electron chi connectivity index (χ4n) is 2.50. The van der Waals surface area contributed by atoms with Gasteiger partial charge in [-0.3, -0.25) is 0 Å². The second kappa shape index (κ2) is 6.41. The normalized spacial score (nSPS) is 20.1. The molecule has 84 valence electrons. The molecule has 0 aliphatic heterocycles. The molecular formula is C12H25NO. The zero-order valence-corrected chi connectivity index (χ0v) is 9.52. The SMILES string of the molecule is CCC1(CNCCCCO)CCCC1. The molecule has 2 heteroatoms. The summed E-state index contributed by atoms with van der Waals surface area (Å²) in [4.78, 5) is 0. The Hall–Kier alpha value is -0.0800. The minimum atomic E-state index is 0.334. The molecule has 1 saturated carbocycles. The lowest BCUT2D eigenvalue weighted by molar-refractivity contribution is 0.260. The Kier molecular flexibility index (Phi) is 5.49. The second-order valence-electron chi connectivity index (χ2n) is 4.67. The van der Waals surface area contributed by atoms with E-state index in [2.05, 4.69) is 12.2 Å². The van der Waals surface area contributed by atoms with Gasteiger partial charge in [-0.15, -0.1) is 0 Å². The van der Waals surface area contributed by atoms with Crippen LogP contribution in [0.1, 0.15) is 51.9 Å². The molecule has 0 amide bonds. The monoisotopic (exact) mass is 199 g/mol. The lowest BCUT2D eigenvalue weighted by Gasteiger charge is -2.27. The van der Waals surface area contributed by atoms with Crippen LogP contribution in [0.25, 0.3) is 0 Å². The molecular weight excluding hydrogens is 174 g/mol. The van der Waals surface area contributed by atoms with E-state index in [1.54, 1.807) is 0 Å². The average Bonchev–Trinajstić information content (AvgIpc) is 2.67. The van der Waals surface area contributed by atoms with Crippen LogP contribution in [-0.2, 0) is 0 Å². The first-order valence-electron chi connectivity index (χ1n) is 6.14. The molecule has 0 radical (unpaired) electrons. The largest absolute Gasteiger partial charge is 0.396 e. The van der Waals surface area contributed by atoms with Gasteiger partial charge in [0.2, 0.25) is 0 Å². The predicted octanol–water partition coefficient (Wildman–Crippen LogP) is 2.32. The first-order chi connectivity index (χ1) is 6.83. The Balaban J connectivity index is 2.08. The number of aliphatic hydroxyl groups excluding tert-OH is 1. The quantitative estimate of drug-likeness (QED) is 0.617. The second-order valence-corrected chi connectivity index (χ2v) is 4.67. The van der Waals surface area contributed by atoms with Crippen molar-refractivity contribution in [2.45, 2.75) is 51.9 Å². The molecule has 1 rings (SSSR count). The maximum absolute atomic E-state index is 8.65. The molecule has 0 saturated heterocycles. The third-order valence-corrected chi connectivity index (χ3v) is 3.68. The summed E-state index contributed by atoms with van der Waals surface area (Å²) in [6, 6.07) is 0. The van der Waals surface area contributed by atoms with Crippen molar-refractivity contribution in [1.82, 2.24) is 5.32 Å². The summed E-state index contributed by atoms with van der Waals surface area (Å²) < 4.78 is 0. The highest BCUT2D eigenvalue weighted by atomic mass is 16.2. The van der Waals surface area contributed by atoms with Crippen LogP contribution in [0.2, 0.25) is 0 Å². The number of aliphatic hydroxyl groups is 1. The van der Waals surface area contributed by atoms with Crippen LogP contribution in [0.3, 0.4) is 0 Å². The van der Waals surface area contributed by atoms with E-state index in [4.69, 9.17) is 5.11 Å². The number of hydrogen-bond donors (Lipinski definition) is 2. The smallest absolute Gasteiger partial charge is 0.0431 e. The Morgan fingerprint density at radius 2 is 1.93 bits per heavy atom. The third kappa shape index (κ3) is 3.58. The summed E-state index contributed by atoms with van der Waals surface area (Å²) in [5.74, 6) is 0.